The van der Waals surface area contributed by atoms with Crippen LogP contribution in [0.1, 0.15) is 39.5 Å². The van der Waals surface area contributed by atoms with E-state index in [2.05, 4.69) is 10.0 Å². The molecule has 9 heteroatoms. The van der Waals surface area contributed by atoms with E-state index < -0.39 is 29.5 Å². The van der Waals surface area contributed by atoms with E-state index in [0.717, 1.165) is 11.1 Å². The molecule has 208 valence electrons. The third-order valence-electron chi connectivity index (χ3n) is 7.32. The minimum absolute atomic E-state index is 0.0932. The Morgan fingerprint density at radius 3 is 2.33 bits per heavy atom. The Labute approximate surface area is 232 Å². The number of morpholine rings is 1. The summed E-state index contributed by atoms with van der Waals surface area (Å²) in [6, 6.07) is 19.4. The molecule has 1 fully saturated rings. The van der Waals surface area contributed by atoms with Gasteiger partial charge in [0.15, 0.2) is 0 Å². The first-order valence-corrected chi connectivity index (χ1v) is 13.5. The summed E-state index contributed by atoms with van der Waals surface area (Å²) in [4.78, 5) is 30.9. The van der Waals surface area contributed by atoms with Gasteiger partial charge in [-0.05, 0) is 30.7 Å². The van der Waals surface area contributed by atoms with Crippen molar-refractivity contribution in [3.05, 3.63) is 107 Å². The number of hydrazone groups is 1. The second-order valence-electron chi connectivity index (χ2n) is 10.1. The summed E-state index contributed by atoms with van der Waals surface area (Å²) in [5.74, 6) is -2.05. The van der Waals surface area contributed by atoms with E-state index in [-0.39, 0.29) is 18.7 Å². The van der Waals surface area contributed by atoms with Gasteiger partial charge in [0.1, 0.15) is 18.2 Å². The lowest BCUT2D eigenvalue weighted by atomic mass is 9.97. The molecule has 0 saturated carbocycles. The van der Waals surface area contributed by atoms with Gasteiger partial charge < -0.3 is 9.64 Å². The number of aryl methyl sites for hydroxylation is 1. The second kappa shape index (κ2) is 12.5. The van der Waals surface area contributed by atoms with Gasteiger partial charge in [0.05, 0.1) is 30.5 Å². The maximum atomic E-state index is 14.7. The number of carbonyl (C=O) groups excluding carboxylic acids is 2. The Morgan fingerprint density at radius 1 is 0.950 bits per heavy atom. The number of halogens is 2. The molecule has 0 spiro atoms. The van der Waals surface area contributed by atoms with Gasteiger partial charge in [-0.2, -0.15) is 5.10 Å². The molecule has 2 aliphatic heterocycles. The molecule has 0 aliphatic carbocycles. The van der Waals surface area contributed by atoms with Crippen molar-refractivity contribution >= 4 is 17.5 Å². The lowest BCUT2D eigenvalue weighted by Crippen LogP contribution is -2.46. The van der Waals surface area contributed by atoms with Gasteiger partial charge in [0.25, 0.3) is 11.8 Å². The summed E-state index contributed by atoms with van der Waals surface area (Å²) in [5, 5.41) is 5.92. The number of rotatable bonds is 8. The smallest absolute Gasteiger partial charge is 0.262 e. The summed E-state index contributed by atoms with van der Waals surface area (Å²) in [6.45, 7) is 5.05. The van der Waals surface area contributed by atoms with Gasteiger partial charge in [0, 0.05) is 38.2 Å². The zero-order valence-corrected chi connectivity index (χ0v) is 22.4. The van der Waals surface area contributed by atoms with Gasteiger partial charge in [-0.15, -0.1) is 0 Å². The SMILES string of the molecule is Cc1ccc([C@@H]2CC(c3ccccc3F)=NN2C(=O)CN(CCN2CCOCC2)C(=O)c2ccccc2F)cc1. The Bertz CT molecular complexity index is 1390. The molecule has 2 aliphatic rings. The number of carbonyl (C=O) groups is 2. The number of hydrogen-bond acceptors (Lipinski definition) is 5. The van der Waals surface area contributed by atoms with Crippen LogP contribution in [0.2, 0.25) is 0 Å². The first-order valence-electron chi connectivity index (χ1n) is 13.5. The molecule has 2 heterocycles. The fourth-order valence-electron chi connectivity index (χ4n) is 5.03. The maximum absolute atomic E-state index is 14.7. The minimum Gasteiger partial charge on any atom is -0.379 e. The normalized spacial score (nSPS) is 17.5. The van der Waals surface area contributed by atoms with Gasteiger partial charge >= 0.3 is 0 Å². The molecule has 2 amide bonds. The largest absolute Gasteiger partial charge is 0.379 e. The number of amides is 2. The highest BCUT2D eigenvalue weighted by atomic mass is 19.1. The fraction of sp³-hybridized carbons (Fsp3) is 0.323. The molecule has 5 rings (SSSR count). The first kappa shape index (κ1) is 27.6. The zero-order chi connectivity index (χ0) is 28.1. The summed E-state index contributed by atoms with van der Waals surface area (Å²) in [5.41, 5.74) is 2.62. The number of ether oxygens (including phenoxy) is 1. The Morgan fingerprint density at radius 2 is 1.62 bits per heavy atom. The molecule has 40 heavy (non-hydrogen) atoms. The lowest BCUT2D eigenvalue weighted by Gasteiger charge is -2.31. The lowest BCUT2D eigenvalue weighted by molar-refractivity contribution is -0.133. The van der Waals surface area contributed by atoms with Crippen molar-refractivity contribution in [3.63, 3.8) is 0 Å². The summed E-state index contributed by atoms with van der Waals surface area (Å²) >= 11 is 0. The van der Waals surface area contributed by atoms with E-state index in [4.69, 9.17) is 4.74 Å². The zero-order valence-electron chi connectivity index (χ0n) is 22.4. The number of hydrogen-bond donors (Lipinski definition) is 0. The van der Waals surface area contributed by atoms with E-state index >= 15 is 0 Å². The molecule has 0 aromatic heterocycles. The molecule has 1 atom stereocenters. The summed E-state index contributed by atoms with van der Waals surface area (Å²) < 4.78 is 34.7. The van der Waals surface area contributed by atoms with Crippen LogP contribution in [-0.4, -0.2) is 78.3 Å². The van der Waals surface area contributed by atoms with Crippen LogP contribution in [0, 0.1) is 18.6 Å². The predicted octanol–water partition coefficient (Wildman–Crippen LogP) is 4.43. The molecule has 3 aromatic carbocycles. The van der Waals surface area contributed by atoms with Crippen molar-refractivity contribution in [2.24, 2.45) is 5.10 Å². The third kappa shape index (κ3) is 6.26. The monoisotopic (exact) mass is 546 g/mol. The van der Waals surface area contributed by atoms with E-state index in [0.29, 0.717) is 50.5 Å². The Kier molecular flexibility index (Phi) is 8.62. The average Bonchev–Trinajstić information content (AvgIpc) is 3.42. The van der Waals surface area contributed by atoms with Gasteiger partial charge in [0.2, 0.25) is 0 Å². The Balaban J connectivity index is 1.43. The molecular formula is C31H32F2N4O3. The molecule has 0 N–H and O–H groups in total. The minimum atomic E-state index is -0.644. The van der Waals surface area contributed by atoms with Crippen LogP contribution in [0.3, 0.4) is 0 Å². The van der Waals surface area contributed by atoms with Crippen LogP contribution in [0.5, 0.6) is 0 Å². The van der Waals surface area contributed by atoms with Crippen molar-refractivity contribution in [1.82, 2.24) is 14.8 Å². The van der Waals surface area contributed by atoms with E-state index in [1.54, 1.807) is 24.3 Å². The quantitative estimate of drug-likeness (QED) is 0.420. The van der Waals surface area contributed by atoms with Crippen LogP contribution >= 0.6 is 0 Å². The van der Waals surface area contributed by atoms with Gasteiger partial charge in [-0.1, -0.05) is 60.2 Å². The summed E-state index contributed by atoms with van der Waals surface area (Å²) in [7, 11) is 0. The molecule has 3 aromatic rings. The third-order valence-corrected chi connectivity index (χ3v) is 7.32. The van der Waals surface area contributed by atoms with Crippen LogP contribution < -0.4 is 0 Å². The van der Waals surface area contributed by atoms with E-state index in [9.17, 15) is 18.4 Å². The highest BCUT2D eigenvalue weighted by molar-refractivity contribution is 6.04. The highest BCUT2D eigenvalue weighted by Gasteiger charge is 2.35. The average molecular weight is 547 g/mol. The van der Waals surface area contributed by atoms with E-state index in [1.807, 2.05) is 31.2 Å². The molecule has 0 radical (unpaired) electrons. The van der Waals surface area contributed by atoms with Gasteiger partial charge in [-0.25, -0.2) is 13.8 Å². The van der Waals surface area contributed by atoms with Crippen molar-refractivity contribution in [1.29, 1.82) is 0 Å². The van der Waals surface area contributed by atoms with Crippen LogP contribution in [0.4, 0.5) is 8.78 Å². The van der Waals surface area contributed by atoms with Crippen molar-refractivity contribution in [2.45, 2.75) is 19.4 Å². The molecule has 7 nitrogen and oxygen atoms in total. The predicted molar refractivity (Wildman–Crippen MR) is 148 cm³/mol. The first-order chi connectivity index (χ1) is 19.4. The van der Waals surface area contributed by atoms with E-state index in [1.165, 1.54) is 34.2 Å². The van der Waals surface area contributed by atoms with Crippen molar-refractivity contribution in [2.75, 3.05) is 45.9 Å². The molecule has 0 unspecified atom stereocenters. The van der Waals surface area contributed by atoms with Gasteiger partial charge in [-0.3, -0.25) is 14.5 Å². The fourth-order valence-corrected chi connectivity index (χ4v) is 5.03. The summed E-state index contributed by atoms with van der Waals surface area (Å²) in [6.07, 6.45) is 0.324. The topological polar surface area (TPSA) is 65.5 Å². The standard InChI is InChI=1S/C31H32F2N4O3/c1-22-10-12-23(13-11-22)29-20-28(24-6-2-4-8-26(24)32)34-37(29)30(38)21-36(15-14-35-16-18-40-19-17-35)31(39)25-7-3-5-9-27(25)33/h2-13,29H,14-21H2,1H3/t29-/m0/s1. The molecular weight excluding hydrogens is 514 g/mol. The van der Waals surface area contributed by atoms with Crippen LogP contribution in [0.25, 0.3) is 0 Å². The Hall–Kier alpha value is -3.95. The molecule has 0 bridgehead atoms. The van der Waals surface area contributed by atoms with Crippen molar-refractivity contribution in [3.8, 4) is 0 Å². The number of benzene rings is 3. The maximum Gasteiger partial charge on any atom is 0.262 e. The van der Waals surface area contributed by atoms with Crippen LogP contribution in [0.15, 0.2) is 77.9 Å². The van der Waals surface area contributed by atoms with Crippen molar-refractivity contribution < 1.29 is 23.1 Å². The second-order valence-corrected chi connectivity index (χ2v) is 10.1. The highest BCUT2D eigenvalue weighted by Crippen LogP contribution is 2.33. The van der Waals surface area contributed by atoms with Crippen LogP contribution in [-0.2, 0) is 9.53 Å². The molecule has 1 saturated heterocycles. The number of nitrogens with zero attached hydrogens (tertiary/aromatic N) is 4.